The maximum Gasteiger partial charge on any atom is 0.233 e. The zero-order chi connectivity index (χ0) is 11.2. The van der Waals surface area contributed by atoms with E-state index in [1.165, 1.54) is 0 Å². The van der Waals surface area contributed by atoms with Crippen LogP contribution in [-0.2, 0) is 4.74 Å². The summed E-state index contributed by atoms with van der Waals surface area (Å²) in [6.07, 6.45) is -0.723. The molecule has 0 amide bonds. The fraction of sp³-hybridized carbons (Fsp3) is 0.143. The molecule has 2 aromatic carbocycles. The van der Waals surface area contributed by atoms with Crippen LogP contribution in [0.25, 0.3) is 0 Å². The number of fused-ring (bicyclic) bond motifs is 6. The van der Waals surface area contributed by atoms with Gasteiger partial charge in [0.15, 0.2) is 0 Å². The van der Waals surface area contributed by atoms with Crippen molar-refractivity contribution in [2.75, 3.05) is 0 Å². The van der Waals surface area contributed by atoms with Gasteiger partial charge < -0.3 is 9.47 Å². The summed E-state index contributed by atoms with van der Waals surface area (Å²) in [6, 6.07) is 15.6. The minimum atomic E-state index is -0.361. The lowest BCUT2D eigenvalue weighted by Gasteiger charge is -2.37. The van der Waals surface area contributed by atoms with Crippen molar-refractivity contribution in [1.82, 2.24) is 0 Å². The van der Waals surface area contributed by atoms with Gasteiger partial charge in [0.05, 0.1) is 11.1 Å². The molecule has 2 aliphatic heterocycles. The van der Waals surface area contributed by atoms with Crippen molar-refractivity contribution in [2.45, 2.75) is 12.6 Å². The monoisotopic (exact) mass is 226 g/mol. The third-order valence-electron chi connectivity index (χ3n) is 3.06. The average Bonchev–Trinajstić information content (AvgIpc) is 2.39. The van der Waals surface area contributed by atoms with E-state index in [-0.39, 0.29) is 12.6 Å². The zero-order valence-corrected chi connectivity index (χ0v) is 9.00. The highest BCUT2D eigenvalue weighted by molar-refractivity contribution is 5.42. The van der Waals surface area contributed by atoms with Crippen molar-refractivity contribution in [1.29, 1.82) is 0 Å². The molecular weight excluding hydrogens is 216 g/mol. The molecule has 0 saturated heterocycles. The molecule has 17 heavy (non-hydrogen) atoms. The molecule has 3 nitrogen and oxygen atoms in total. The maximum absolute atomic E-state index is 5.83. The Kier molecular flexibility index (Phi) is 1.73. The molecule has 3 heteroatoms. The summed E-state index contributed by atoms with van der Waals surface area (Å²) in [6.45, 7) is 0. The van der Waals surface area contributed by atoms with Gasteiger partial charge in [-0.3, -0.25) is 4.74 Å². The van der Waals surface area contributed by atoms with Crippen molar-refractivity contribution in [3.05, 3.63) is 59.7 Å². The smallest absolute Gasteiger partial charge is 0.233 e. The number of benzene rings is 2. The van der Waals surface area contributed by atoms with E-state index in [0.717, 1.165) is 22.6 Å². The molecule has 84 valence electrons. The maximum atomic E-state index is 5.83. The van der Waals surface area contributed by atoms with Crippen LogP contribution in [0, 0.1) is 0 Å². The van der Waals surface area contributed by atoms with Crippen LogP contribution in [0.2, 0.25) is 0 Å². The third kappa shape index (κ3) is 1.26. The largest absolute Gasteiger partial charge is 0.460 e. The Hall–Kier alpha value is -2.00. The van der Waals surface area contributed by atoms with Crippen molar-refractivity contribution < 1.29 is 14.2 Å². The van der Waals surface area contributed by atoms with Crippen molar-refractivity contribution >= 4 is 0 Å². The molecule has 2 bridgehead atoms. The van der Waals surface area contributed by atoms with E-state index < -0.39 is 0 Å². The van der Waals surface area contributed by atoms with Crippen LogP contribution in [0.4, 0.5) is 0 Å². The van der Waals surface area contributed by atoms with Gasteiger partial charge >= 0.3 is 0 Å². The van der Waals surface area contributed by atoms with Gasteiger partial charge in [-0.25, -0.2) is 0 Å². The topological polar surface area (TPSA) is 27.7 Å². The lowest BCUT2D eigenvalue weighted by atomic mass is 10.1. The summed E-state index contributed by atoms with van der Waals surface area (Å²) >= 11 is 0. The summed E-state index contributed by atoms with van der Waals surface area (Å²) in [4.78, 5) is 0. The first-order chi connectivity index (χ1) is 8.42. The van der Waals surface area contributed by atoms with E-state index in [2.05, 4.69) is 0 Å². The highest BCUT2D eigenvalue weighted by Gasteiger charge is 2.37. The minimum Gasteiger partial charge on any atom is -0.460 e. The SMILES string of the molecule is c1ccc2c(c1)O[C@H]1O[C@@H]2Oc2ccccc21. The Morgan fingerprint density at radius 3 is 1.65 bits per heavy atom. The number of para-hydroxylation sites is 2. The van der Waals surface area contributed by atoms with E-state index in [1.54, 1.807) is 0 Å². The molecule has 0 aromatic heterocycles. The average molecular weight is 226 g/mol. The van der Waals surface area contributed by atoms with Gasteiger partial charge in [-0.2, -0.15) is 0 Å². The normalized spacial score (nSPS) is 24.0. The standard InChI is InChI=1S/C14H10O3/c1-3-7-11-9(5-1)13-16-12-8-4-2-6-10(12)14(15-11)17-13/h1-8,13-14H/t13-,14-/m0/s1. The fourth-order valence-electron chi connectivity index (χ4n) is 2.24. The molecule has 0 radical (unpaired) electrons. The van der Waals surface area contributed by atoms with Gasteiger partial charge in [0, 0.05) is 0 Å². The van der Waals surface area contributed by atoms with Gasteiger partial charge in [0.2, 0.25) is 12.6 Å². The highest BCUT2D eigenvalue weighted by atomic mass is 16.8. The lowest BCUT2D eigenvalue weighted by molar-refractivity contribution is -0.227. The third-order valence-corrected chi connectivity index (χ3v) is 3.06. The number of rotatable bonds is 0. The summed E-state index contributed by atoms with van der Waals surface area (Å²) in [7, 11) is 0. The first-order valence-electron chi connectivity index (χ1n) is 5.58. The number of ether oxygens (including phenoxy) is 3. The summed E-state index contributed by atoms with van der Waals surface area (Å²) < 4.78 is 17.4. The molecule has 0 aliphatic carbocycles. The molecule has 4 rings (SSSR count). The molecule has 2 heterocycles. The summed E-state index contributed by atoms with van der Waals surface area (Å²) in [5.41, 5.74) is 1.89. The predicted molar refractivity (Wildman–Crippen MR) is 60.7 cm³/mol. The fourth-order valence-corrected chi connectivity index (χ4v) is 2.24. The second-order valence-electron chi connectivity index (χ2n) is 4.11. The molecule has 0 unspecified atom stereocenters. The van der Waals surface area contributed by atoms with Crippen LogP contribution in [-0.4, -0.2) is 0 Å². The number of hydrogen-bond donors (Lipinski definition) is 0. The van der Waals surface area contributed by atoms with Gasteiger partial charge in [0.1, 0.15) is 11.5 Å². The second kappa shape index (κ2) is 3.25. The first-order valence-corrected chi connectivity index (χ1v) is 5.58. The number of hydrogen-bond acceptors (Lipinski definition) is 3. The first kappa shape index (κ1) is 9.07. The van der Waals surface area contributed by atoms with Gasteiger partial charge in [0.25, 0.3) is 0 Å². The molecule has 0 spiro atoms. The van der Waals surface area contributed by atoms with Crippen LogP contribution >= 0.6 is 0 Å². The van der Waals surface area contributed by atoms with Crippen molar-refractivity contribution in [3.8, 4) is 11.5 Å². The quantitative estimate of drug-likeness (QED) is 0.690. The second-order valence-corrected chi connectivity index (χ2v) is 4.11. The van der Waals surface area contributed by atoms with E-state index in [0.29, 0.717) is 0 Å². The van der Waals surface area contributed by atoms with Crippen molar-refractivity contribution in [3.63, 3.8) is 0 Å². The molecule has 2 aromatic rings. The zero-order valence-electron chi connectivity index (χ0n) is 9.00. The predicted octanol–water partition coefficient (Wildman–Crippen LogP) is 3.19. The molecule has 0 saturated carbocycles. The van der Waals surface area contributed by atoms with E-state index in [1.807, 2.05) is 48.5 Å². The van der Waals surface area contributed by atoms with E-state index >= 15 is 0 Å². The molecule has 0 fully saturated rings. The minimum absolute atomic E-state index is 0.361. The van der Waals surface area contributed by atoms with Gasteiger partial charge in [-0.05, 0) is 24.3 Å². The van der Waals surface area contributed by atoms with Crippen LogP contribution in [0.3, 0.4) is 0 Å². The molecule has 2 atom stereocenters. The Morgan fingerprint density at radius 1 is 0.647 bits per heavy atom. The van der Waals surface area contributed by atoms with Crippen LogP contribution in [0.5, 0.6) is 11.5 Å². The van der Waals surface area contributed by atoms with Gasteiger partial charge in [-0.15, -0.1) is 0 Å². The van der Waals surface area contributed by atoms with Crippen LogP contribution in [0.15, 0.2) is 48.5 Å². The lowest BCUT2D eigenvalue weighted by Crippen LogP contribution is -2.29. The summed E-state index contributed by atoms with van der Waals surface area (Å²) in [5.74, 6) is 1.67. The Morgan fingerprint density at radius 2 is 1.12 bits per heavy atom. The Balaban J connectivity index is 1.86. The van der Waals surface area contributed by atoms with Crippen LogP contribution < -0.4 is 9.47 Å². The Labute approximate surface area is 98.5 Å². The Bertz CT molecular complexity index is 528. The van der Waals surface area contributed by atoms with Crippen LogP contribution in [0.1, 0.15) is 23.7 Å². The van der Waals surface area contributed by atoms with E-state index in [9.17, 15) is 0 Å². The summed E-state index contributed by atoms with van der Waals surface area (Å²) in [5, 5.41) is 0. The molecule has 0 N–H and O–H groups in total. The molecule has 2 aliphatic rings. The highest BCUT2D eigenvalue weighted by Crippen LogP contribution is 2.46. The molecular formula is C14H10O3. The van der Waals surface area contributed by atoms with Gasteiger partial charge in [-0.1, -0.05) is 24.3 Å². The van der Waals surface area contributed by atoms with E-state index in [4.69, 9.17) is 14.2 Å². The van der Waals surface area contributed by atoms with Crippen molar-refractivity contribution in [2.24, 2.45) is 0 Å².